The van der Waals surface area contributed by atoms with Crippen LogP contribution in [0.15, 0.2) is 18.2 Å². The van der Waals surface area contributed by atoms with Crippen molar-refractivity contribution in [3.05, 3.63) is 46.0 Å². The van der Waals surface area contributed by atoms with E-state index >= 15 is 0 Å². The van der Waals surface area contributed by atoms with Gasteiger partial charge in [0.2, 0.25) is 0 Å². The molecule has 0 bridgehead atoms. The number of nitrogens with zero attached hydrogens (tertiary/aromatic N) is 2. The van der Waals surface area contributed by atoms with Crippen molar-refractivity contribution in [2.24, 2.45) is 0 Å². The molecule has 0 saturated heterocycles. The fraction of sp³-hybridized carbons (Fsp3) is 0.333. The standard InChI is InChI=1S/C12H13F2N3S/c1-2-3-11-15-16-12(18)17(11)7-8-4-5-9(13)6-10(8)14/h4-6H,2-3,7H2,1H3,(H,16,18). The monoisotopic (exact) mass is 269 g/mol. The molecule has 2 aromatic rings. The Hall–Kier alpha value is -1.56. The van der Waals surface area contributed by atoms with Gasteiger partial charge in [0.15, 0.2) is 4.77 Å². The number of hydrogen-bond acceptors (Lipinski definition) is 2. The van der Waals surface area contributed by atoms with Gasteiger partial charge < -0.3 is 0 Å². The minimum absolute atomic E-state index is 0.261. The maximum atomic E-state index is 13.6. The van der Waals surface area contributed by atoms with Crippen LogP contribution in [0.4, 0.5) is 8.78 Å². The molecule has 1 aromatic carbocycles. The van der Waals surface area contributed by atoms with Crippen LogP contribution in [0.2, 0.25) is 0 Å². The molecule has 0 fully saturated rings. The summed E-state index contributed by atoms with van der Waals surface area (Å²) in [6, 6.07) is 3.54. The van der Waals surface area contributed by atoms with Gasteiger partial charge >= 0.3 is 0 Å². The van der Waals surface area contributed by atoms with Crippen molar-refractivity contribution in [3.8, 4) is 0 Å². The summed E-state index contributed by atoms with van der Waals surface area (Å²) in [5, 5.41) is 6.79. The molecule has 3 nitrogen and oxygen atoms in total. The Kier molecular flexibility index (Phi) is 3.86. The molecule has 0 radical (unpaired) electrons. The summed E-state index contributed by atoms with van der Waals surface area (Å²) in [5.74, 6) is -0.368. The van der Waals surface area contributed by atoms with Crippen LogP contribution in [-0.2, 0) is 13.0 Å². The number of halogens is 2. The van der Waals surface area contributed by atoms with Gasteiger partial charge in [-0.15, -0.1) is 0 Å². The van der Waals surface area contributed by atoms with Gasteiger partial charge in [-0.3, -0.25) is 9.67 Å². The predicted molar refractivity (Wildman–Crippen MR) is 66.9 cm³/mol. The molecule has 1 N–H and O–H groups in total. The lowest BCUT2D eigenvalue weighted by molar-refractivity contribution is 0.562. The van der Waals surface area contributed by atoms with Crippen molar-refractivity contribution in [1.29, 1.82) is 0 Å². The van der Waals surface area contributed by atoms with Crippen LogP contribution in [0.3, 0.4) is 0 Å². The lowest BCUT2D eigenvalue weighted by Gasteiger charge is -2.07. The Balaban J connectivity index is 2.33. The molecule has 0 saturated carbocycles. The van der Waals surface area contributed by atoms with Gasteiger partial charge in [-0.25, -0.2) is 8.78 Å². The summed E-state index contributed by atoms with van der Waals surface area (Å²) < 4.78 is 28.6. The Morgan fingerprint density at radius 3 is 2.83 bits per heavy atom. The van der Waals surface area contributed by atoms with E-state index in [9.17, 15) is 8.78 Å². The molecule has 18 heavy (non-hydrogen) atoms. The van der Waals surface area contributed by atoms with Crippen molar-refractivity contribution < 1.29 is 8.78 Å². The van der Waals surface area contributed by atoms with E-state index in [0.717, 1.165) is 24.7 Å². The lowest BCUT2D eigenvalue weighted by Crippen LogP contribution is -2.07. The third kappa shape index (κ3) is 2.64. The van der Waals surface area contributed by atoms with Gasteiger partial charge in [-0.2, -0.15) is 5.10 Å². The number of nitrogens with one attached hydrogen (secondary N) is 1. The zero-order valence-corrected chi connectivity index (χ0v) is 10.7. The van der Waals surface area contributed by atoms with Crippen molar-refractivity contribution in [3.63, 3.8) is 0 Å². The van der Waals surface area contributed by atoms with Crippen LogP contribution < -0.4 is 0 Å². The van der Waals surface area contributed by atoms with E-state index < -0.39 is 11.6 Å². The quantitative estimate of drug-likeness (QED) is 0.865. The SMILES string of the molecule is CCCc1n[nH]c(=S)n1Cc1ccc(F)cc1F. The Bertz CT molecular complexity index is 604. The zero-order valence-electron chi connectivity index (χ0n) is 9.91. The van der Waals surface area contributed by atoms with E-state index in [2.05, 4.69) is 10.2 Å². The van der Waals surface area contributed by atoms with Crippen LogP contribution >= 0.6 is 12.2 Å². The summed E-state index contributed by atoms with van der Waals surface area (Å²) >= 11 is 5.10. The van der Waals surface area contributed by atoms with Gasteiger partial charge in [0.05, 0.1) is 6.54 Å². The fourth-order valence-corrected chi connectivity index (χ4v) is 1.96. The van der Waals surface area contributed by atoms with E-state index in [1.807, 2.05) is 6.92 Å². The summed E-state index contributed by atoms with van der Waals surface area (Å²) in [7, 11) is 0. The highest BCUT2D eigenvalue weighted by Crippen LogP contribution is 2.13. The molecular weight excluding hydrogens is 256 g/mol. The molecule has 2 rings (SSSR count). The smallest absolute Gasteiger partial charge is 0.195 e. The number of rotatable bonds is 4. The first-order chi connectivity index (χ1) is 8.61. The molecule has 96 valence electrons. The largest absolute Gasteiger partial charge is 0.300 e. The predicted octanol–water partition coefficient (Wildman–Crippen LogP) is 3.22. The van der Waals surface area contributed by atoms with Gasteiger partial charge in [0.25, 0.3) is 0 Å². The van der Waals surface area contributed by atoms with Crippen LogP contribution in [0.1, 0.15) is 24.7 Å². The number of benzene rings is 1. The second kappa shape index (κ2) is 5.39. The third-order valence-corrected chi connectivity index (χ3v) is 2.97. The summed E-state index contributed by atoms with van der Waals surface area (Å²) in [6.07, 6.45) is 1.68. The van der Waals surface area contributed by atoms with Crippen molar-refractivity contribution in [2.75, 3.05) is 0 Å². The first kappa shape index (κ1) is 12.9. The first-order valence-corrected chi connectivity index (χ1v) is 6.10. The number of aromatic amines is 1. The second-order valence-electron chi connectivity index (χ2n) is 4.02. The number of H-pyrrole nitrogens is 1. The fourth-order valence-electron chi connectivity index (χ4n) is 1.75. The molecule has 0 amide bonds. The van der Waals surface area contributed by atoms with E-state index in [0.29, 0.717) is 10.3 Å². The van der Waals surface area contributed by atoms with Gasteiger partial charge in [-0.05, 0) is 24.7 Å². The molecule has 0 atom stereocenters. The number of aryl methyl sites for hydroxylation is 1. The molecule has 6 heteroatoms. The molecule has 0 unspecified atom stereocenters. The summed E-state index contributed by atoms with van der Waals surface area (Å²) in [4.78, 5) is 0. The molecule has 1 aromatic heterocycles. The summed E-state index contributed by atoms with van der Waals surface area (Å²) in [5.41, 5.74) is 0.395. The van der Waals surface area contributed by atoms with Gasteiger partial charge in [-0.1, -0.05) is 13.0 Å². The summed E-state index contributed by atoms with van der Waals surface area (Å²) in [6.45, 7) is 2.29. The molecule has 0 aliphatic carbocycles. The zero-order chi connectivity index (χ0) is 13.1. The minimum atomic E-state index is -0.583. The Labute approximate surface area is 108 Å². The van der Waals surface area contributed by atoms with E-state index in [1.54, 1.807) is 4.57 Å². The molecule has 0 spiro atoms. The molecule has 0 aliphatic rings. The average Bonchev–Trinajstić information content (AvgIpc) is 2.65. The van der Waals surface area contributed by atoms with E-state index in [-0.39, 0.29) is 6.54 Å². The van der Waals surface area contributed by atoms with Gasteiger partial charge in [0.1, 0.15) is 17.5 Å². The van der Waals surface area contributed by atoms with E-state index in [1.165, 1.54) is 12.1 Å². The Morgan fingerprint density at radius 2 is 2.17 bits per heavy atom. The third-order valence-electron chi connectivity index (χ3n) is 2.65. The second-order valence-corrected chi connectivity index (χ2v) is 4.40. The lowest BCUT2D eigenvalue weighted by atomic mass is 10.2. The van der Waals surface area contributed by atoms with Crippen molar-refractivity contribution >= 4 is 12.2 Å². The van der Waals surface area contributed by atoms with Crippen molar-refractivity contribution in [1.82, 2.24) is 14.8 Å². The van der Waals surface area contributed by atoms with Gasteiger partial charge in [0, 0.05) is 18.1 Å². The minimum Gasteiger partial charge on any atom is -0.300 e. The maximum Gasteiger partial charge on any atom is 0.195 e. The van der Waals surface area contributed by atoms with Crippen molar-refractivity contribution in [2.45, 2.75) is 26.3 Å². The molecular formula is C12H13F2N3S. The highest BCUT2D eigenvalue weighted by atomic mass is 32.1. The topological polar surface area (TPSA) is 33.6 Å². The normalized spacial score (nSPS) is 10.8. The van der Waals surface area contributed by atoms with E-state index in [4.69, 9.17) is 12.2 Å². The van der Waals surface area contributed by atoms with Crippen LogP contribution in [0.25, 0.3) is 0 Å². The van der Waals surface area contributed by atoms with Crippen LogP contribution in [0.5, 0.6) is 0 Å². The maximum absolute atomic E-state index is 13.6. The number of hydrogen-bond donors (Lipinski definition) is 1. The van der Waals surface area contributed by atoms with Crippen LogP contribution in [0, 0.1) is 16.4 Å². The average molecular weight is 269 g/mol. The van der Waals surface area contributed by atoms with Crippen LogP contribution in [-0.4, -0.2) is 14.8 Å². The highest BCUT2D eigenvalue weighted by Gasteiger charge is 2.09. The first-order valence-electron chi connectivity index (χ1n) is 5.69. The number of aromatic nitrogens is 3. The highest BCUT2D eigenvalue weighted by molar-refractivity contribution is 7.71. The Morgan fingerprint density at radius 1 is 1.39 bits per heavy atom. The molecule has 1 heterocycles. The molecule has 0 aliphatic heterocycles.